The summed E-state index contributed by atoms with van der Waals surface area (Å²) in [6.07, 6.45) is 2.11. The molecular formula is C48H40N2S. The van der Waals surface area contributed by atoms with Crippen LogP contribution in [0.1, 0.15) is 32.7 Å². The number of benzene rings is 7. The zero-order valence-electron chi connectivity index (χ0n) is 29.6. The van der Waals surface area contributed by atoms with E-state index in [9.17, 15) is 0 Å². The fourth-order valence-electron chi connectivity index (χ4n) is 8.00. The summed E-state index contributed by atoms with van der Waals surface area (Å²) in [6, 6.07) is 53.9. The van der Waals surface area contributed by atoms with Crippen molar-refractivity contribution in [2.75, 3.05) is 9.80 Å². The molecule has 7 aromatic carbocycles. The fourth-order valence-corrected chi connectivity index (χ4v) is 9.23. The normalized spacial score (nSPS) is 12.2. The molecule has 0 N–H and O–H groups in total. The molecule has 9 rings (SSSR count). The van der Waals surface area contributed by atoms with Gasteiger partial charge in [0.05, 0.1) is 0 Å². The first kappa shape index (κ1) is 31.3. The molecule has 0 saturated heterocycles. The number of nitrogens with zero attached hydrogens (tertiary/aromatic N) is 2. The number of fused-ring (bicyclic) bond motifs is 7. The minimum Gasteiger partial charge on any atom is -0.310 e. The van der Waals surface area contributed by atoms with Gasteiger partial charge in [-0.3, -0.25) is 0 Å². The molecule has 0 amide bonds. The number of hydrogen-bond donors (Lipinski definition) is 0. The van der Waals surface area contributed by atoms with Crippen molar-refractivity contribution in [3.05, 3.63) is 178 Å². The molecule has 2 nitrogen and oxygen atoms in total. The Morgan fingerprint density at radius 2 is 1.08 bits per heavy atom. The molecule has 1 aliphatic carbocycles. The monoisotopic (exact) mass is 676 g/mol. The number of rotatable bonds is 6. The lowest BCUT2D eigenvalue weighted by Gasteiger charge is -2.29. The smallest absolute Gasteiger partial charge is 0.0490 e. The van der Waals surface area contributed by atoms with Crippen molar-refractivity contribution in [3.63, 3.8) is 0 Å². The van der Waals surface area contributed by atoms with Gasteiger partial charge in [0.15, 0.2) is 0 Å². The van der Waals surface area contributed by atoms with Crippen LogP contribution in [0.25, 0.3) is 32.0 Å². The van der Waals surface area contributed by atoms with E-state index in [0.29, 0.717) is 0 Å². The Balaban J connectivity index is 1.18. The average molecular weight is 677 g/mol. The number of anilines is 6. The molecule has 0 bridgehead atoms. The van der Waals surface area contributed by atoms with Crippen LogP contribution in [0.5, 0.6) is 0 Å². The lowest BCUT2D eigenvalue weighted by atomic mass is 9.87. The molecule has 0 saturated carbocycles. The van der Waals surface area contributed by atoms with E-state index in [1.165, 1.54) is 98.8 Å². The summed E-state index contributed by atoms with van der Waals surface area (Å²) >= 11 is 1.97. The summed E-state index contributed by atoms with van der Waals surface area (Å²) < 4.78 is 1.37. The Morgan fingerprint density at radius 1 is 0.490 bits per heavy atom. The highest BCUT2D eigenvalue weighted by Gasteiger charge is 2.25. The van der Waals surface area contributed by atoms with Gasteiger partial charge in [-0.15, -0.1) is 11.3 Å². The van der Waals surface area contributed by atoms with E-state index in [2.05, 4.69) is 183 Å². The third-order valence-electron chi connectivity index (χ3n) is 10.5. The molecule has 0 unspecified atom stereocenters. The van der Waals surface area contributed by atoms with Crippen LogP contribution in [-0.2, 0) is 12.8 Å². The predicted molar refractivity (Wildman–Crippen MR) is 220 cm³/mol. The molecule has 3 heteroatoms. The Kier molecular flexibility index (Phi) is 7.74. The van der Waals surface area contributed by atoms with Crippen LogP contribution in [0.2, 0.25) is 0 Å². The van der Waals surface area contributed by atoms with Crippen molar-refractivity contribution >= 4 is 66.3 Å². The predicted octanol–water partition coefficient (Wildman–Crippen LogP) is 14.0. The van der Waals surface area contributed by atoms with Gasteiger partial charge in [-0.05, 0) is 151 Å². The van der Waals surface area contributed by atoms with Crippen LogP contribution in [0.4, 0.5) is 34.1 Å². The van der Waals surface area contributed by atoms with Gasteiger partial charge in [0.2, 0.25) is 0 Å². The van der Waals surface area contributed by atoms with E-state index in [0.717, 1.165) is 12.8 Å². The van der Waals surface area contributed by atoms with E-state index < -0.39 is 0 Å². The summed E-state index contributed by atoms with van der Waals surface area (Å²) in [5.74, 6) is 0. The highest BCUT2D eigenvalue weighted by molar-refractivity contribution is 7.20. The SMILES string of the molecule is Cc1cccc(N(c2ccc3c(c2)CCc2sc4ccc5cc(N(c6cccc(C)c6)c6ccccc6C)ccc5c4c2-3)c2ccccc2C)c1. The minimum atomic E-state index is 1.04. The lowest BCUT2D eigenvalue weighted by molar-refractivity contribution is 0.964. The second-order valence-electron chi connectivity index (χ2n) is 14.0. The van der Waals surface area contributed by atoms with Gasteiger partial charge in [0, 0.05) is 54.7 Å². The minimum absolute atomic E-state index is 1.04. The summed E-state index contributed by atoms with van der Waals surface area (Å²) in [5.41, 5.74) is 16.4. The molecule has 1 heterocycles. The zero-order valence-corrected chi connectivity index (χ0v) is 30.4. The summed E-state index contributed by atoms with van der Waals surface area (Å²) in [6.45, 7) is 8.74. The molecule has 0 atom stereocenters. The van der Waals surface area contributed by atoms with Crippen molar-refractivity contribution in [3.8, 4) is 11.1 Å². The van der Waals surface area contributed by atoms with E-state index in [-0.39, 0.29) is 0 Å². The Morgan fingerprint density at radius 3 is 1.71 bits per heavy atom. The van der Waals surface area contributed by atoms with Crippen LogP contribution in [0.15, 0.2) is 146 Å². The highest BCUT2D eigenvalue weighted by atomic mass is 32.1. The number of hydrogen-bond acceptors (Lipinski definition) is 3. The Bertz CT molecular complexity index is 2610. The number of aryl methyl sites for hydroxylation is 6. The summed E-state index contributed by atoms with van der Waals surface area (Å²) in [7, 11) is 0. The molecule has 8 aromatic rings. The van der Waals surface area contributed by atoms with E-state index in [1.807, 2.05) is 11.3 Å². The second kappa shape index (κ2) is 12.6. The maximum Gasteiger partial charge on any atom is 0.0490 e. The average Bonchev–Trinajstić information content (AvgIpc) is 3.53. The molecule has 0 aliphatic heterocycles. The van der Waals surface area contributed by atoms with Crippen molar-refractivity contribution in [2.45, 2.75) is 40.5 Å². The molecule has 0 radical (unpaired) electrons. The molecule has 1 aliphatic rings. The second-order valence-corrected chi connectivity index (χ2v) is 15.1. The molecule has 51 heavy (non-hydrogen) atoms. The van der Waals surface area contributed by atoms with Gasteiger partial charge in [-0.2, -0.15) is 0 Å². The molecule has 0 fully saturated rings. The Hall–Kier alpha value is -5.64. The van der Waals surface area contributed by atoms with Crippen LogP contribution in [-0.4, -0.2) is 0 Å². The van der Waals surface area contributed by atoms with E-state index >= 15 is 0 Å². The quantitative estimate of drug-likeness (QED) is 0.173. The van der Waals surface area contributed by atoms with Crippen LogP contribution in [0, 0.1) is 27.7 Å². The van der Waals surface area contributed by atoms with Gasteiger partial charge in [0.25, 0.3) is 0 Å². The Labute approximate surface area is 304 Å². The first-order chi connectivity index (χ1) is 24.9. The van der Waals surface area contributed by atoms with Crippen molar-refractivity contribution in [2.24, 2.45) is 0 Å². The van der Waals surface area contributed by atoms with Gasteiger partial charge in [-0.1, -0.05) is 78.9 Å². The first-order valence-corrected chi connectivity index (χ1v) is 18.7. The molecule has 248 valence electrons. The van der Waals surface area contributed by atoms with Crippen molar-refractivity contribution < 1.29 is 0 Å². The maximum atomic E-state index is 2.45. The van der Waals surface area contributed by atoms with Crippen LogP contribution >= 0.6 is 11.3 Å². The van der Waals surface area contributed by atoms with E-state index in [4.69, 9.17) is 0 Å². The maximum absolute atomic E-state index is 2.45. The fraction of sp³-hybridized carbons (Fsp3) is 0.125. The largest absolute Gasteiger partial charge is 0.310 e. The molecule has 1 aromatic heterocycles. The third-order valence-corrected chi connectivity index (χ3v) is 11.7. The molecular weight excluding hydrogens is 637 g/mol. The van der Waals surface area contributed by atoms with E-state index in [1.54, 1.807) is 0 Å². The number of para-hydroxylation sites is 2. The number of thiophene rings is 1. The standard InChI is InChI=1S/C48H40N2S/c1-31-11-9-15-37(27-31)49(43-17-7-5-13-33(43)3)39-21-23-41-35(29-39)19-25-45-47(41)48-42-24-22-40(30-36(42)20-26-46(48)51-45)50(38-16-10-12-32(2)28-38)44-18-8-6-14-34(44)4/h5-19,21-25,27-30H,20,26H2,1-4H3. The topological polar surface area (TPSA) is 6.48 Å². The van der Waals surface area contributed by atoms with Crippen molar-refractivity contribution in [1.82, 2.24) is 0 Å². The van der Waals surface area contributed by atoms with Gasteiger partial charge in [0.1, 0.15) is 0 Å². The van der Waals surface area contributed by atoms with Gasteiger partial charge >= 0.3 is 0 Å². The first-order valence-electron chi connectivity index (χ1n) is 17.9. The summed E-state index contributed by atoms with van der Waals surface area (Å²) in [5, 5.41) is 3.97. The summed E-state index contributed by atoms with van der Waals surface area (Å²) in [4.78, 5) is 6.33. The molecule has 0 spiro atoms. The van der Waals surface area contributed by atoms with Crippen LogP contribution < -0.4 is 9.80 Å². The highest BCUT2D eigenvalue weighted by Crippen LogP contribution is 2.49. The van der Waals surface area contributed by atoms with Gasteiger partial charge in [-0.25, -0.2) is 0 Å². The third kappa shape index (κ3) is 5.49. The van der Waals surface area contributed by atoms with Gasteiger partial charge < -0.3 is 9.80 Å². The van der Waals surface area contributed by atoms with Crippen molar-refractivity contribution in [1.29, 1.82) is 0 Å². The zero-order chi connectivity index (χ0) is 34.6. The van der Waals surface area contributed by atoms with Crippen LogP contribution in [0.3, 0.4) is 0 Å². The lowest BCUT2D eigenvalue weighted by Crippen LogP contribution is -2.12.